The van der Waals surface area contributed by atoms with Gasteiger partial charge in [-0.1, -0.05) is 54.6 Å². The third kappa shape index (κ3) is 5.80. The summed E-state index contributed by atoms with van der Waals surface area (Å²) in [5.41, 5.74) is 4.44. The highest BCUT2D eigenvalue weighted by Crippen LogP contribution is 2.34. The third-order valence-corrected chi connectivity index (χ3v) is 7.46. The molecule has 0 saturated carbocycles. The molecule has 1 amide bonds. The molecule has 5 nitrogen and oxygen atoms in total. The average molecular weight is 486 g/mol. The van der Waals surface area contributed by atoms with Gasteiger partial charge in [-0.3, -0.25) is 14.6 Å². The second-order valence-electron chi connectivity index (χ2n) is 9.90. The molecule has 1 heterocycles. The van der Waals surface area contributed by atoms with Crippen molar-refractivity contribution in [3.63, 3.8) is 0 Å². The van der Waals surface area contributed by atoms with Crippen LogP contribution >= 0.6 is 0 Å². The molecular formula is C31H39N3O2. The summed E-state index contributed by atoms with van der Waals surface area (Å²) in [6.07, 6.45) is 0. The number of benzene rings is 3. The van der Waals surface area contributed by atoms with E-state index in [0.29, 0.717) is 30.9 Å². The normalized spacial score (nSPS) is 19.7. The maximum Gasteiger partial charge on any atom is 0.253 e. The lowest BCUT2D eigenvalue weighted by Crippen LogP contribution is -2.56. The molecule has 4 rings (SSSR count). The number of amides is 1. The lowest BCUT2D eigenvalue weighted by molar-refractivity contribution is 0.0195. The lowest BCUT2D eigenvalue weighted by atomic mass is 9.92. The smallest absolute Gasteiger partial charge is 0.253 e. The molecule has 0 aliphatic carbocycles. The van der Waals surface area contributed by atoms with Crippen LogP contribution < -0.4 is 0 Å². The van der Waals surface area contributed by atoms with Crippen LogP contribution in [0.1, 0.15) is 60.8 Å². The molecule has 3 atom stereocenters. The van der Waals surface area contributed by atoms with E-state index in [2.05, 4.69) is 66.1 Å². The van der Waals surface area contributed by atoms with Crippen molar-refractivity contribution in [3.05, 3.63) is 101 Å². The van der Waals surface area contributed by atoms with Crippen LogP contribution in [0.15, 0.2) is 78.9 Å². The van der Waals surface area contributed by atoms with Gasteiger partial charge in [0.05, 0.1) is 6.04 Å². The number of phenols is 1. The fraction of sp³-hybridized carbons (Fsp3) is 0.387. The monoisotopic (exact) mass is 485 g/mol. The highest BCUT2D eigenvalue weighted by Gasteiger charge is 2.34. The molecule has 3 aromatic rings. The van der Waals surface area contributed by atoms with Crippen molar-refractivity contribution in [1.29, 1.82) is 0 Å². The molecule has 5 heteroatoms. The maximum absolute atomic E-state index is 12.9. The minimum Gasteiger partial charge on any atom is -0.508 e. The van der Waals surface area contributed by atoms with Crippen molar-refractivity contribution in [1.82, 2.24) is 14.7 Å². The van der Waals surface area contributed by atoms with E-state index < -0.39 is 0 Å². The number of carbonyl (C=O) groups is 1. The number of aromatic hydroxyl groups is 1. The van der Waals surface area contributed by atoms with Crippen LogP contribution in [0, 0.1) is 0 Å². The fourth-order valence-corrected chi connectivity index (χ4v) is 5.35. The standard InChI is InChI=1S/C31H39N3O2/c1-5-32(6-2)31(36)28-16-14-27(15-17-28)30(26-10-8-7-9-11-26)34-21-23(3)33(20-24(34)4)22-25-12-18-29(35)19-13-25/h7-19,23-24,30,35H,5-6,20-22H2,1-4H3/t23-,24+,30+/m1/s1. The Hall–Kier alpha value is -3.15. The van der Waals surface area contributed by atoms with Gasteiger partial charge in [0.2, 0.25) is 0 Å². The van der Waals surface area contributed by atoms with Crippen LogP contribution in [-0.2, 0) is 6.54 Å². The van der Waals surface area contributed by atoms with Crippen molar-refractivity contribution in [3.8, 4) is 5.75 Å². The molecule has 36 heavy (non-hydrogen) atoms. The molecule has 0 aromatic heterocycles. The fourth-order valence-electron chi connectivity index (χ4n) is 5.35. The molecule has 0 radical (unpaired) electrons. The molecule has 1 N–H and O–H groups in total. The zero-order chi connectivity index (χ0) is 25.7. The van der Waals surface area contributed by atoms with Gasteiger partial charge in [0.15, 0.2) is 0 Å². The summed E-state index contributed by atoms with van der Waals surface area (Å²) in [6, 6.07) is 27.3. The van der Waals surface area contributed by atoms with E-state index >= 15 is 0 Å². The van der Waals surface area contributed by atoms with Crippen LogP contribution in [0.5, 0.6) is 5.75 Å². The van der Waals surface area contributed by atoms with Crippen molar-refractivity contribution in [2.24, 2.45) is 0 Å². The molecule has 0 unspecified atom stereocenters. The summed E-state index contributed by atoms with van der Waals surface area (Å²) in [4.78, 5) is 19.9. The topological polar surface area (TPSA) is 47.0 Å². The van der Waals surface area contributed by atoms with E-state index in [1.165, 1.54) is 16.7 Å². The maximum atomic E-state index is 12.9. The zero-order valence-corrected chi connectivity index (χ0v) is 22.0. The zero-order valence-electron chi connectivity index (χ0n) is 22.0. The largest absolute Gasteiger partial charge is 0.508 e. The van der Waals surface area contributed by atoms with Crippen molar-refractivity contribution < 1.29 is 9.90 Å². The third-order valence-electron chi connectivity index (χ3n) is 7.46. The second kappa shape index (κ2) is 11.7. The summed E-state index contributed by atoms with van der Waals surface area (Å²) in [6.45, 7) is 12.9. The number of hydrogen-bond donors (Lipinski definition) is 1. The van der Waals surface area contributed by atoms with Gasteiger partial charge >= 0.3 is 0 Å². The van der Waals surface area contributed by atoms with Gasteiger partial charge in [0.1, 0.15) is 5.75 Å². The minimum absolute atomic E-state index is 0.0904. The minimum atomic E-state index is 0.0904. The molecule has 190 valence electrons. The van der Waals surface area contributed by atoms with Crippen LogP contribution in [0.2, 0.25) is 0 Å². The van der Waals surface area contributed by atoms with Crippen LogP contribution in [0.3, 0.4) is 0 Å². The van der Waals surface area contributed by atoms with E-state index in [0.717, 1.165) is 25.2 Å². The summed E-state index contributed by atoms with van der Waals surface area (Å²) < 4.78 is 0. The van der Waals surface area contributed by atoms with E-state index in [1.54, 1.807) is 12.1 Å². The quantitative estimate of drug-likeness (QED) is 0.454. The van der Waals surface area contributed by atoms with Gasteiger partial charge in [0, 0.05) is 50.4 Å². The Bertz CT molecular complexity index is 1110. The Labute approximate surface area is 216 Å². The first-order chi connectivity index (χ1) is 17.4. The average Bonchev–Trinajstić information content (AvgIpc) is 2.90. The molecule has 1 aliphatic rings. The number of carbonyl (C=O) groups excluding carboxylic acids is 1. The Morgan fingerprint density at radius 1 is 0.861 bits per heavy atom. The molecule has 1 fully saturated rings. The van der Waals surface area contributed by atoms with Gasteiger partial charge in [0.25, 0.3) is 5.91 Å². The first-order valence-corrected chi connectivity index (χ1v) is 13.1. The van der Waals surface area contributed by atoms with E-state index in [1.807, 2.05) is 43.0 Å². The molecular weight excluding hydrogens is 446 g/mol. The van der Waals surface area contributed by atoms with Gasteiger partial charge in [-0.2, -0.15) is 0 Å². The van der Waals surface area contributed by atoms with Crippen molar-refractivity contribution in [2.75, 3.05) is 26.2 Å². The highest BCUT2D eigenvalue weighted by atomic mass is 16.3. The summed E-state index contributed by atoms with van der Waals surface area (Å²) in [5.74, 6) is 0.396. The number of nitrogens with zero attached hydrogens (tertiary/aromatic N) is 3. The van der Waals surface area contributed by atoms with Gasteiger partial charge in [-0.15, -0.1) is 0 Å². The number of phenolic OH excluding ortho intramolecular Hbond substituents is 1. The Balaban J connectivity index is 1.58. The Morgan fingerprint density at radius 2 is 1.47 bits per heavy atom. The van der Waals surface area contributed by atoms with Crippen LogP contribution in [0.4, 0.5) is 0 Å². The van der Waals surface area contributed by atoms with Crippen LogP contribution in [-0.4, -0.2) is 64.0 Å². The van der Waals surface area contributed by atoms with Gasteiger partial charge in [-0.25, -0.2) is 0 Å². The summed E-state index contributed by atoms with van der Waals surface area (Å²) in [5, 5.41) is 9.63. The number of piperazine rings is 1. The first kappa shape index (κ1) is 25.9. The van der Waals surface area contributed by atoms with E-state index in [9.17, 15) is 9.90 Å². The highest BCUT2D eigenvalue weighted by molar-refractivity contribution is 5.94. The van der Waals surface area contributed by atoms with Gasteiger partial charge < -0.3 is 10.0 Å². The second-order valence-corrected chi connectivity index (χ2v) is 9.90. The van der Waals surface area contributed by atoms with Gasteiger partial charge in [-0.05, 0) is 68.7 Å². The summed E-state index contributed by atoms with van der Waals surface area (Å²) in [7, 11) is 0. The van der Waals surface area contributed by atoms with Crippen LogP contribution in [0.25, 0.3) is 0 Å². The van der Waals surface area contributed by atoms with E-state index in [4.69, 9.17) is 0 Å². The molecule has 0 spiro atoms. The molecule has 0 bridgehead atoms. The number of hydrogen-bond acceptors (Lipinski definition) is 4. The Morgan fingerprint density at radius 3 is 2.08 bits per heavy atom. The predicted molar refractivity (Wildman–Crippen MR) is 146 cm³/mol. The molecule has 1 saturated heterocycles. The lowest BCUT2D eigenvalue weighted by Gasteiger charge is -2.47. The SMILES string of the molecule is CCN(CC)C(=O)c1ccc([C@H](c2ccccc2)N2C[C@@H](C)N(Cc3ccc(O)cc3)C[C@@H]2C)cc1. The predicted octanol–water partition coefficient (Wildman–Crippen LogP) is 5.56. The van der Waals surface area contributed by atoms with E-state index in [-0.39, 0.29) is 11.9 Å². The number of rotatable bonds is 8. The van der Waals surface area contributed by atoms with Crippen molar-refractivity contribution >= 4 is 5.91 Å². The summed E-state index contributed by atoms with van der Waals surface area (Å²) >= 11 is 0. The molecule has 3 aromatic carbocycles. The first-order valence-electron chi connectivity index (χ1n) is 13.1. The Kier molecular flexibility index (Phi) is 8.44. The molecule has 1 aliphatic heterocycles. The van der Waals surface area contributed by atoms with Crippen molar-refractivity contribution in [2.45, 2.75) is 52.4 Å².